The lowest BCUT2D eigenvalue weighted by atomic mass is 9.95. The second-order valence-electron chi connectivity index (χ2n) is 11.4. The molecule has 226 valence electrons. The van der Waals surface area contributed by atoms with Crippen LogP contribution >= 0.6 is 0 Å². The van der Waals surface area contributed by atoms with Gasteiger partial charge in [0, 0.05) is 17.1 Å². The van der Waals surface area contributed by atoms with Crippen LogP contribution in [0.3, 0.4) is 0 Å². The van der Waals surface area contributed by atoms with Gasteiger partial charge in [-0.1, -0.05) is 121 Å². The van der Waals surface area contributed by atoms with E-state index in [0.29, 0.717) is 5.69 Å². The summed E-state index contributed by atoms with van der Waals surface area (Å²) >= 11 is 0. The quantitative estimate of drug-likeness (QED) is 0.167. The first-order valence-corrected chi connectivity index (χ1v) is 15.5. The molecule has 0 spiro atoms. The van der Waals surface area contributed by atoms with Gasteiger partial charge >= 0.3 is 0 Å². The molecule has 7 rings (SSSR count). The lowest BCUT2D eigenvalue weighted by molar-refractivity contribution is 0.630. The highest BCUT2D eigenvalue weighted by Crippen LogP contribution is 2.44. The van der Waals surface area contributed by atoms with Crippen LogP contribution in [0.5, 0.6) is 0 Å². The maximum atomic E-state index is 15.2. The number of nitriles is 1. The molecular weight excluding hydrogens is 590 g/mol. The highest BCUT2D eigenvalue weighted by atomic mass is 19.1. The first-order chi connectivity index (χ1) is 23.6. The highest BCUT2D eigenvalue weighted by molar-refractivity contribution is 5.89. The van der Waals surface area contributed by atoms with E-state index < -0.39 is 5.82 Å². The monoisotopic (exact) mass is 617 g/mol. The largest absolute Gasteiger partial charge is 0.312 e. The molecule has 0 aliphatic rings. The molecule has 0 heterocycles. The molecule has 0 fully saturated rings. The lowest BCUT2D eigenvalue weighted by Crippen LogP contribution is -2.11. The van der Waals surface area contributed by atoms with E-state index in [-0.39, 0.29) is 11.3 Å². The average molecular weight is 618 g/mol. The summed E-state index contributed by atoms with van der Waals surface area (Å²) in [7, 11) is 0. The Morgan fingerprint density at radius 1 is 0.458 bits per heavy atom. The van der Waals surface area contributed by atoms with E-state index in [2.05, 4.69) is 89.8 Å². The van der Waals surface area contributed by atoms with Crippen molar-refractivity contribution in [1.29, 1.82) is 5.26 Å². The van der Waals surface area contributed by atoms with E-state index in [1.807, 2.05) is 83.8 Å². The van der Waals surface area contributed by atoms with Gasteiger partial charge in [0.2, 0.25) is 5.69 Å². The van der Waals surface area contributed by atoms with Crippen molar-refractivity contribution in [2.75, 3.05) is 4.90 Å². The van der Waals surface area contributed by atoms with Crippen molar-refractivity contribution >= 4 is 22.7 Å². The predicted molar refractivity (Wildman–Crippen MR) is 194 cm³/mol. The van der Waals surface area contributed by atoms with Crippen molar-refractivity contribution in [3.8, 4) is 50.6 Å². The standard InChI is InChI=1S/C44H28FN3/c1-47-43-29-42(28-39(30-46)44(43)45)48(40-24-35(31-14-6-2-7-15-31)22-36(25-40)32-16-8-3-9-17-32)41-26-37(33-18-10-4-11-19-33)23-38(27-41)34-20-12-5-13-21-34/h2-29H. The number of halogens is 1. The fourth-order valence-corrected chi connectivity index (χ4v) is 6.00. The Kier molecular flexibility index (Phi) is 8.30. The van der Waals surface area contributed by atoms with Gasteiger partial charge in [-0.25, -0.2) is 9.24 Å². The summed E-state index contributed by atoms with van der Waals surface area (Å²) in [6.07, 6.45) is 0. The number of hydrogen-bond acceptors (Lipinski definition) is 2. The molecule has 7 aromatic carbocycles. The molecule has 3 nitrogen and oxygen atoms in total. The number of benzene rings is 7. The SMILES string of the molecule is [C-]#[N+]c1cc(N(c2cc(-c3ccccc3)cc(-c3ccccc3)c2)c2cc(-c3ccccc3)cc(-c3ccccc3)c2)cc(C#N)c1F. The van der Waals surface area contributed by atoms with E-state index >= 15 is 4.39 Å². The molecule has 0 saturated heterocycles. The van der Waals surface area contributed by atoms with E-state index in [9.17, 15) is 5.26 Å². The predicted octanol–water partition coefficient (Wildman–Crippen LogP) is 12.4. The molecule has 0 unspecified atom stereocenters. The lowest BCUT2D eigenvalue weighted by Gasteiger charge is -2.28. The zero-order chi connectivity index (χ0) is 32.9. The summed E-state index contributed by atoms with van der Waals surface area (Å²) in [6, 6.07) is 58.4. The van der Waals surface area contributed by atoms with Gasteiger partial charge in [-0.2, -0.15) is 5.26 Å². The van der Waals surface area contributed by atoms with Gasteiger partial charge in [0.15, 0.2) is 0 Å². The molecule has 0 atom stereocenters. The molecule has 0 N–H and O–H groups in total. The molecule has 0 aromatic heterocycles. The van der Waals surface area contributed by atoms with Crippen molar-refractivity contribution in [2.45, 2.75) is 0 Å². The van der Waals surface area contributed by atoms with Crippen LogP contribution in [0.4, 0.5) is 27.1 Å². The summed E-state index contributed by atoms with van der Waals surface area (Å²) in [5.41, 5.74) is 9.84. The molecule has 0 amide bonds. The summed E-state index contributed by atoms with van der Waals surface area (Å²) in [5, 5.41) is 9.95. The minimum Gasteiger partial charge on any atom is -0.312 e. The van der Waals surface area contributed by atoms with Crippen molar-refractivity contribution in [1.82, 2.24) is 0 Å². The third kappa shape index (κ3) is 6.07. The van der Waals surface area contributed by atoms with Gasteiger partial charge in [-0.3, -0.25) is 0 Å². The number of anilines is 3. The maximum Gasteiger partial charge on any atom is 0.225 e. The van der Waals surface area contributed by atoms with Crippen LogP contribution in [0.15, 0.2) is 170 Å². The van der Waals surface area contributed by atoms with Crippen LogP contribution in [-0.4, -0.2) is 0 Å². The fourth-order valence-electron chi connectivity index (χ4n) is 6.00. The van der Waals surface area contributed by atoms with E-state index in [0.717, 1.165) is 55.9 Å². The van der Waals surface area contributed by atoms with E-state index in [1.54, 1.807) is 0 Å². The Morgan fingerprint density at radius 3 is 1.10 bits per heavy atom. The molecule has 0 aliphatic heterocycles. The minimum absolute atomic E-state index is 0.187. The molecule has 0 radical (unpaired) electrons. The number of hydrogen-bond donors (Lipinski definition) is 0. The van der Waals surface area contributed by atoms with E-state index in [4.69, 9.17) is 6.57 Å². The normalized spacial score (nSPS) is 10.6. The molecule has 4 heteroatoms. The highest BCUT2D eigenvalue weighted by Gasteiger charge is 2.21. The summed E-state index contributed by atoms with van der Waals surface area (Å²) in [6.45, 7) is 7.75. The van der Waals surface area contributed by atoms with Crippen molar-refractivity contribution < 1.29 is 4.39 Å². The Bertz CT molecular complexity index is 2030. The first-order valence-electron chi connectivity index (χ1n) is 15.5. The van der Waals surface area contributed by atoms with Gasteiger partial charge in [0.1, 0.15) is 11.9 Å². The topological polar surface area (TPSA) is 31.4 Å². The van der Waals surface area contributed by atoms with Crippen LogP contribution in [0.2, 0.25) is 0 Å². The summed E-state index contributed by atoms with van der Waals surface area (Å²) in [5.74, 6) is -0.817. The van der Waals surface area contributed by atoms with Crippen LogP contribution in [0.1, 0.15) is 5.56 Å². The van der Waals surface area contributed by atoms with Gasteiger partial charge < -0.3 is 4.90 Å². The van der Waals surface area contributed by atoms with Crippen molar-refractivity contribution in [2.24, 2.45) is 0 Å². The smallest absolute Gasteiger partial charge is 0.225 e. The van der Waals surface area contributed by atoms with Gasteiger partial charge in [0.25, 0.3) is 0 Å². The van der Waals surface area contributed by atoms with Crippen molar-refractivity contribution in [3.63, 3.8) is 0 Å². The van der Waals surface area contributed by atoms with Gasteiger partial charge in [-0.15, -0.1) is 0 Å². The average Bonchev–Trinajstić information content (AvgIpc) is 3.16. The van der Waals surface area contributed by atoms with Crippen molar-refractivity contribution in [3.05, 3.63) is 193 Å². The number of rotatable bonds is 7. The zero-order valence-corrected chi connectivity index (χ0v) is 25.9. The van der Waals surface area contributed by atoms with Gasteiger partial charge in [-0.05, 0) is 93.0 Å². The molecule has 48 heavy (non-hydrogen) atoms. The van der Waals surface area contributed by atoms with E-state index in [1.165, 1.54) is 12.1 Å². The Labute approximate surface area is 279 Å². The zero-order valence-electron chi connectivity index (χ0n) is 25.9. The molecular formula is C44H28FN3. The summed E-state index contributed by atoms with van der Waals surface area (Å²) in [4.78, 5) is 5.49. The summed E-state index contributed by atoms with van der Waals surface area (Å²) < 4.78 is 15.2. The third-order valence-corrected chi connectivity index (χ3v) is 8.32. The second kappa shape index (κ2) is 13.3. The Morgan fingerprint density at radius 2 is 0.792 bits per heavy atom. The van der Waals surface area contributed by atoms with Crippen LogP contribution in [0, 0.1) is 23.7 Å². The molecule has 0 saturated carbocycles. The molecule has 0 aliphatic carbocycles. The minimum atomic E-state index is -0.817. The van der Waals surface area contributed by atoms with Crippen LogP contribution in [0.25, 0.3) is 49.4 Å². The van der Waals surface area contributed by atoms with Crippen LogP contribution in [-0.2, 0) is 0 Å². The fraction of sp³-hybridized carbons (Fsp3) is 0. The molecule has 7 aromatic rings. The second-order valence-corrected chi connectivity index (χ2v) is 11.4. The Balaban J connectivity index is 1.56. The maximum absolute atomic E-state index is 15.2. The molecule has 0 bridgehead atoms. The van der Waals surface area contributed by atoms with Crippen LogP contribution < -0.4 is 4.90 Å². The van der Waals surface area contributed by atoms with Gasteiger partial charge in [0.05, 0.1) is 12.1 Å². The number of nitrogens with zero attached hydrogens (tertiary/aromatic N) is 3. The first kappa shape index (κ1) is 29.9. The Hall–Kier alpha value is -6.75. The third-order valence-electron chi connectivity index (χ3n) is 8.32.